The van der Waals surface area contributed by atoms with Crippen LogP contribution in [-0.2, 0) is 26.2 Å². The summed E-state index contributed by atoms with van der Waals surface area (Å²) in [6, 6.07) is 15.1. The highest BCUT2D eigenvalue weighted by Crippen LogP contribution is 2.32. The van der Waals surface area contributed by atoms with Crippen LogP contribution in [0.2, 0.25) is 10.0 Å². The number of likely N-dealkylation sites (N-methyl/N-ethyl adjacent to an activating group) is 1. The van der Waals surface area contributed by atoms with Gasteiger partial charge in [-0.1, -0.05) is 53.9 Å². The Labute approximate surface area is 257 Å². The number of halogens is 2. The van der Waals surface area contributed by atoms with E-state index in [1.54, 1.807) is 56.3 Å². The summed E-state index contributed by atoms with van der Waals surface area (Å²) in [5, 5.41) is 3.42. The molecule has 3 aromatic rings. The molecule has 0 saturated heterocycles. The number of ether oxygens (including phenoxy) is 2. The van der Waals surface area contributed by atoms with Crippen molar-refractivity contribution in [1.29, 1.82) is 0 Å². The highest BCUT2D eigenvalue weighted by atomic mass is 35.5. The molecule has 226 valence electrons. The van der Waals surface area contributed by atoms with Gasteiger partial charge in [0.2, 0.25) is 11.8 Å². The molecule has 0 radical (unpaired) electrons. The average Bonchev–Trinajstić information content (AvgIpc) is 2.97. The fourth-order valence-electron chi connectivity index (χ4n) is 4.39. The predicted octanol–water partition coefficient (Wildman–Crippen LogP) is 5.46. The molecule has 0 aliphatic heterocycles. The number of methoxy groups -OCH3 is 2. The number of hydrogen-bond donors (Lipinski definition) is 1. The minimum absolute atomic E-state index is 0.00348. The lowest BCUT2D eigenvalue weighted by Gasteiger charge is -2.33. The van der Waals surface area contributed by atoms with E-state index in [2.05, 4.69) is 5.32 Å². The SMILES string of the molecule is CCNC(=O)C(CC)N(Cc1ccc(Cl)c(Cl)c1)C(=O)CN(c1ccc(C)cc1)S(=O)(=O)c1ccc(OC)c(OC)c1. The zero-order chi connectivity index (χ0) is 31.0. The average molecular weight is 637 g/mol. The lowest BCUT2D eigenvalue weighted by atomic mass is 10.1. The number of nitrogens with one attached hydrogen (secondary N) is 1. The molecule has 0 saturated carbocycles. The van der Waals surface area contributed by atoms with Crippen molar-refractivity contribution in [1.82, 2.24) is 10.2 Å². The Kier molecular flexibility index (Phi) is 11.5. The van der Waals surface area contributed by atoms with Gasteiger partial charge in [0.15, 0.2) is 11.5 Å². The van der Waals surface area contributed by atoms with Crippen LogP contribution < -0.4 is 19.1 Å². The van der Waals surface area contributed by atoms with Gasteiger partial charge in [0, 0.05) is 19.2 Å². The molecule has 0 aliphatic carbocycles. The largest absolute Gasteiger partial charge is 0.493 e. The van der Waals surface area contributed by atoms with Gasteiger partial charge in [0.05, 0.1) is 34.8 Å². The number of anilines is 1. The molecule has 0 fully saturated rings. The number of amides is 2. The summed E-state index contributed by atoms with van der Waals surface area (Å²) < 4.78 is 39.8. The van der Waals surface area contributed by atoms with Gasteiger partial charge in [0.25, 0.3) is 10.0 Å². The van der Waals surface area contributed by atoms with Crippen molar-refractivity contribution in [2.24, 2.45) is 0 Å². The van der Waals surface area contributed by atoms with Crippen molar-refractivity contribution in [3.8, 4) is 11.5 Å². The number of sulfonamides is 1. The molecular formula is C30H35Cl2N3O6S. The minimum atomic E-state index is -4.29. The molecule has 0 bridgehead atoms. The van der Waals surface area contributed by atoms with E-state index in [9.17, 15) is 18.0 Å². The number of benzene rings is 3. The molecule has 42 heavy (non-hydrogen) atoms. The molecule has 3 rings (SSSR count). The monoisotopic (exact) mass is 635 g/mol. The number of carbonyl (C=O) groups is 2. The molecule has 0 heterocycles. The van der Waals surface area contributed by atoms with Gasteiger partial charge in [-0.2, -0.15) is 0 Å². The van der Waals surface area contributed by atoms with Gasteiger partial charge in [-0.15, -0.1) is 0 Å². The second-order valence-corrected chi connectivity index (χ2v) is 12.1. The minimum Gasteiger partial charge on any atom is -0.493 e. The number of aryl methyl sites for hydroxylation is 1. The van der Waals surface area contributed by atoms with Crippen LogP contribution in [0, 0.1) is 6.92 Å². The number of carbonyl (C=O) groups excluding carboxylic acids is 2. The fraction of sp³-hybridized carbons (Fsp3) is 0.333. The fourth-order valence-corrected chi connectivity index (χ4v) is 6.14. The van der Waals surface area contributed by atoms with Crippen molar-refractivity contribution in [3.05, 3.63) is 81.8 Å². The maximum atomic E-state index is 14.1. The second kappa shape index (κ2) is 14.6. The Hall–Kier alpha value is -3.47. The molecule has 2 amide bonds. The first-order valence-electron chi connectivity index (χ1n) is 13.3. The van der Waals surface area contributed by atoms with Gasteiger partial charge < -0.3 is 19.7 Å². The zero-order valence-corrected chi connectivity index (χ0v) is 26.5. The summed E-state index contributed by atoms with van der Waals surface area (Å²) in [7, 11) is -1.44. The van der Waals surface area contributed by atoms with Crippen molar-refractivity contribution in [3.63, 3.8) is 0 Å². The molecule has 1 unspecified atom stereocenters. The Morgan fingerprint density at radius 2 is 1.57 bits per heavy atom. The summed E-state index contributed by atoms with van der Waals surface area (Å²) in [6.07, 6.45) is 0.297. The highest BCUT2D eigenvalue weighted by molar-refractivity contribution is 7.92. The number of hydrogen-bond acceptors (Lipinski definition) is 6. The van der Waals surface area contributed by atoms with Crippen molar-refractivity contribution in [2.75, 3.05) is 31.6 Å². The Morgan fingerprint density at radius 1 is 0.905 bits per heavy atom. The summed E-state index contributed by atoms with van der Waals surface area (Å²) in [5.74, 6) is -0.353. The van der Waals surface area contributed by atoms with E-state index < -0.39 is 28.5 Å². The van der Waals surface area contributed by atoms with Crippen LogP contribution in [0.1, 0.15) is 31.4 Å². The van der Waals surface area contributed by atoms with Gasteiger partial charge >= 0.3 is 0 Å². The van der Waals surface area contributed by atoms with Crippen LogP contribution in [0.4, 0.5) is 5.69 Å². The molecule has 0 aromatic heterocycles. The molecule has 0 spiro atoms. The third-order valence-electron chi connectivity index (χ3n) is 6.62. The number of rotatable bonds is 13. The molecule has 12 heteroatoms. The first-order chi connectivity index (χ1) is 20.0. The Balaban J connectivity index is 2.10. The van der Waals surface area contributed by atoms with E-state index in [-0.39, 0.29) is 28.8 Å². The molecule has 3 aromatic carbocycles. The lowest BCUT2D eigenvalue weighted by molar-refractivity contribution is -0.140. The summed E-state index contributed by atoms with van der Waals surface area (Å²) in [4.78, 5) is 28.4. The topological polar surface area (TPSA) is 105 Å². The molecule has 9 nitrogen and oxygen atoms in total. The maximum absolute atomic E-state index is 14.1. The molecule has 0 aliphatic rings. The predicted molar refractivity (Wildman–Crippen MR) is 165 cm³/mol. The molecule has 1 N–H and O–H groups in total. The van der Waals surface area contributed by atoms with Crippen molar-refractivity contribution in [2.45, 2.75) is 44.7 Å². The van der Waals surface area contributed by atoms with E-state index in [1.807, 2.05) is 6.92 Å². The summed E-state index contributed by atoms with van der Waals surface area (Å²) in [5.41, 5.74) is 1.83. The number of nitrogens with zero attached hydrogens (tertiary/aromatic N) is 2. The van der Waals surface area contributed by atoms with Crippen LogP contribution >= 0.6 is 23.2 Å². The van der Waals surface area contributed by atoms with Gasteiger partial charge in [-0.3, -0.25) is 13.9 Å². The maximum Gasteiger partial charge on any atom is 0.264 e. The first-order valence-corrected chi connectivity index (χ1v) is 15.5. The van der Waals surface area contributed by atoms with Gasteiger partial charge in [0.1, 0.15) is 12.6 Å². The van der Waals surface area contributed by atoms with Crippen molar-refractivity contribution < 1.29 is 27.5 Å². The second-order valence-electron chi connectivity index (χ2n) is 9.45. The third kappa shape index (κ3) is 7.67. The van der Waals surface area contributed by atoms with Gasteiger partial charge in [-0.25, -0.2) is 8.42 Å². The van der Waals surface area contributed by atoms with E-state index in [1.165, 1.54) is 37.3 Å². The Morgan fingerprint density at radius 3 is 2.14 bits per heavy atom. The van der Waals surface area contributed by atoms with Crippen LogP contribution in [0.25, 0.3) is 0 Å². The molecular weight excluding hydrogens is 601 g/mol. The van der Waals surface area contributed by atoms with Gasteiger partial charge in [-0.05, 0) is 62.2 Å². The summed E-state index contributed by atoms with van der Waals surface area (Å²) >= 11 is 12.3. The van der Waals surface area contributed by atoms with Crippen LogP contribution in [0.15, 0.2) is 65.6 Å². The van der Waals surface area contributed by atoms with E-state index in [4.69, 9.17) is 32.7 Å². The lowest BCUT2D eigenvalue weighted by Crippen LogP contribution is -2.52. The standard InChI is InChI=1S/C30H35Cl2N3O6S/c1-6-26(30(37)33-7-2)34(18-21-10-14-24(31)25(32)16-21)29(36)19-35(22-11-8-20(3)9-12-22)42(38,39)23-13-15-27(40-4)28(17-23)41-5/h8-17,26H,6-7,18-19H2,1-5H3,(H,33,37). The van der Waals surface area contributed by atoms with Crippen LogP contribution in [0.3, 0.4) is 0 Å². The quantitative estimate of drug-likeness (QED) is 0.267. The van der Waals surface area contributed by atoms with Crippen LogP contribution in [-0.4, -0.2) is 58.5 Å². The Bertz CT molecular complexity index is 1520. The highest BCUT2D eigenvalue weighted by Gasteiger charge is 2.34. The first kappa shape index (κ1) is 33.0. The normalized spacial score (nSPS) is 11.9. The van der Waals surface area contributed by atoms with E-state index in [0.29, 0.717) is 34.3 Å². The zero-order valence-electron chi connectivity index (χ0n) is 24.2. The van der Waals surface area contributed by atoms with Crippen LogP contribution in [0.5, 0.6) is 11.5 Å². The third-order valence-corrected chi connectivity index (χ3v) is 9.13. The summed E-state index contributed by atoms with van der Waals surface area (Å²) in [6.45, 7) is 5.24. The molecule has 1 atom stereocenters. The van der Waals surface area contributed by atoms with E-state index >= 15 is 0 Å². The smallest absolute Gasteiger partial charge is 0.264 e. The van der Waals surface area contributed by atoms with Crippen molar-refractivity contribution >= 4 is 50.7 Å². The van der Waals surface area contributed by atoms with E-state index in [0.717, 1.165) is 9.87 Å².